The second kappa shape index (κ2) is 7.87. The van der Waals surface area contributed by atoms with Crippen molar-refractivity contribution in [2.75, 3.05) is 13.2 Å². The van der Waals surface area contributed by atoms with Gasteiger partial charge >= 0.3 is 0 Å². The summed E-state index contributed by atoms with van der Waals surface area (Å²) >= 11 is 0. The Bertz CT molecular complexity index is 833. The second-order valence-electron chi connectivity index (χ2n) is 7.16. The number of ether oxygens (including phenoxy) is 1. The number of hydrogen-bond acceptors (Lipinski definition) is 3. The Morgan fingerprint density at radius 2 is 2.04 bits per heavy atom. The maximum atomic E-state index is 12.4. The first-order chi connectivity index (χ1) is 12.5. The van der Waals surface area contributed by atoms with Crippen molar-refractivity contribution >= 4 is 5.91 Å². The van der Waals surface area contributed by atoms with E-state index in [9.17, 15) is 9.59 Å². The number of aromatic amines is 1. The molecule has 2 heterocycles. The molecule has 2 aromatic rings. The van der Waals surface area contributed by atoms with Crippen molar-refractivity contribution in [2.45, 2.75) is 39.7 Å². The molecule has 0 saturated carbocycles. The molecule has 2 unspecified atom stereocenters. The van der Waals surface area contributed by atoms with Gasteiger partial charge in [0.1, 0.15) is 0 Å². The van der Waals surface area contributed by atoms with Gasteiger partial charge in [0.05, 0.1) is 6.61 Å². The predicted molar refractivity (Wildman–Crippen MR) is 101 cm³/mol. The highest BCUT2D eigenvalue weighted by atomic mass is 16.5. The van der Waals surface area contributed by atoms with Gasteiger partial charge in [-0.1, -0.05) is 19.1 Å². The van der Waals surface area contributed by atoms with Crippen molar-refractivity contribution in [1.82, 2.24) is 10.3 Å². The average molecular weight is 354 g/mol. The number of benzene rings is 1. The Morgan fingerprint density at radius 3 is 2.65 bits per heavy atom. The maximum absolute atomic E-state index is 12.4. The Hall–Kier alpha value is -2.40. The lowest BCUT2D eigenvalue weighted by atomic mass is 9.87. The summed E-state index contributed by atoms with van der Waals surface area (Å²) in [5.41, 5.74) is 3.98. The molecule has 5 heteroatoms. The van der Waals surface area contributed by atoms with E-state index in [0.29, 0.717) is 23.0 Å². The number of nitrogens with one attached hydrogen (secondary N) is 2. The third kappa shape index (κ3) is 4.05. The van der Waals surface area contributed by atoms with Crippen molar-refractivity contribution in [2.24, 2.45) is 5.92 Å². The van der Waals surface area contributed by atoms with Crippen LogP contribution in [0.2, 0.25) is 0 Å². The number of rotatable bonds is 5. The summed E-state index contributed by atoms with van der Waals surface area (Å²) in [5.74, 6) is 0.794. The van der Waals surface area contributed by atoms with E-state index in [1.807, 2.05) is 44.2 Å². The molecule has 1 amide bonds. The average Bonchev–Trinajstić information content (AvgIpc) is 3.14. The SMILES string of the molecule is Cc1cc(C)c(CNC(=O)c2ccc(C(C)C3CCOC3)cc2)c(=O)[nH]1. The largest absolute Gasteiger partial charge is 0.381 e. The van der Waals surface area contributed by atoms with Gasteiger partial charge in [0.2, 0.25) is 0 Å². The minimum atomic E-state index is -0.173. The zero-order chi connectivity index (χ0) is 18.7. The number of carbonyl (C=O) groups excluding carboxylic acids is 1. The molecular weight excluding hydrogens is 328 g/mol. The third-order valence-corrected chi connectivity index (χ3v) is 5.29. The van der Waals surface area contributed by atoms with Crippen LogP contribution >= 0.6 is 0 Å². The van der Waals surface area contributed by atoms with E-state index >= 15 is 0 Å². The number of aryl methyl sites for hydroxylation is 2. The summed E-state index contributed by atoms with van der Waals surface area (Å²) in [6, 6.07) is 9.64. The predicted octanol–water partition coefficient (Wildman–Crippen LogP) is 3.06. The molecule has 0 bridgehead atoms. The van der Waals surface area contributed by atoms with Crippen molar-refractivity contribution in [3.63, 3.8) is 0 Å². The number of H-pyrrole nitrogens is 1. The second-order valence-corrected chi connectivity index (χ2v) is 7.16. The van der Waals surface area contributed by atoms with Crippen LogP contribution in [-0.4, -0.2) is 24.1 Å². The van der Waals surface area contributed by atoms with Crippen LogP contribution in [0, 0.1) is 19.8 Å². The summed E-state index contributed by atoms with van der Waals surface area (Å²) in [5, 5.41) is 2.84. The summed E-state index contributed by atoms with van der Waals surface area (Å²) in [7, 11) is 0. The number of hydrogen-bond donors (Lipinski definition) is 2. The van der Waals surface area contributed by atoms with Crippen LogP contribution in [0.5, 0.6) is 0 Å². The van der Waals surface area contributed by atoms with Crippen LogP contribution in [0.4, 0.5) is 0 Å². The summed E-state index contributed by atoms with van der Waals surface area (Å²) in [4.78, 5) is 27.2. The highest BCUT2D eigenvalue weighted by molar-refractivity contribution is 5.94. The molecule has 1 fully saturated rings. The molecule has 0 spiro atoms. The lowest BCUT2D eigenvalue weighted by Crippen LogP contribution is -2.27. The third-order valence-electron chi connectivity index (χ3n) is 5.29. The van der Waals surface area contributed by atoms with Crippen LogP contribution < -0.4 is 10.9 Å². The number of aromatic nitrogens is 1. The maximum Gasteiger partial charge on any atom is 0.253 e. The fourth-order valence-electron chi connectivity index (χ4n) is 3.53. The van der Waals surface area contributed by atoms with Gasteiger partial charge in [-0.25, -0.2) is 0 Å². The number of amides is 1. The van der Waals surface area contributed by atoms with Gasteiger partial charge in [-0.15, -0.1) is 0 Å². The summed E-state index contributed by atoms with van der Waals surface area (Å²) < 4.78 is 5.47. The van der Waals surface area contributed by atoms with Crippen LogP contribution in [0.25, 0.3) is 0 Å². The van der Waals surface area contributed by atoms with E-state index in [4.69, 9.17) is 4.74 Å². The van der Waals surface area contributed by atoms with E-state index in [2.05, 4.69) is 17.2 Å². The standard InChI is InChI=1S/C21H26N2O3/c1-13-10-14(2)23-21(25)19(13)11-22-20(24)17-6-4-16(5-7-17)15(3)18-8-9-26-12-18/h4-7,10,15,18H,8-9,11-12H2,1-3H3,(H,22,24)(H,23,25). The molecule has 1 aromatic heterocycles. The van der Waals surface area contributed by atoms with Gasteiger partial charge in [0, 0.05) is 30.0 Å². The number of carbonyl (C=O) groups is 1. The monoisotopic (exact) mass is 354 g/mol. The summed E-state index contributed by atoms with van der Waals surface area (Å²) in [6.07, 6.45) is 1.09. The van der Waals surface area contributed by atoms with E-state index in [0.717, 1.165) is 30.9 Å². The highest BCUT2D eigenvalue weighted by Crippen LogP contribution is 2.30. The number of pyridine rings is 1. The highest BCUT2D eigenvalue weighted by Gasteiger charge is 2.23. The van der Waals surface area contributed by atoms with Crippen molar-refractivity contribution in [3.8, 4) is 0 Å². The van der Waals surface area contributed by atoms with E-state index in [-0.39, 0.29) is 18.0 Å². The molecule has 26 heavy (non-hydrogen) atoms. The Balaban J connectivity index is 1.64. The molecule has 0 radical (unpaired) electrons. The van der Waals surface area contributed by atoms with E-state index in [1.165, 1.54) is 5.56 Å². The molecule has 1 aliphatic rings. The molecule has 2 N–H and O–H groups in total. The molecule has 1 saturated heterocycles. The first kappa shape index (κ1) is 18.4. The van der Waals surface area contributed by atoms with Crippen molar-refractivity contribution in [3.05, 3.63) is 68.6 Å². The van der Waals surface area contributed by atoms with Crippen LogP contribution in [-0.2, 0) is 11.3 Å². The van der Waals surface area contributed by atoms with Crippen molar-refractivity contribution in [1.29, 1.82) is 0 Å². The molecule has 5 nitrogen and oxygen atoms in total. The topological polar surface area (TPSA) is 71.2 Å². The lowest BCUT2D eigenvalue weighted by molar-refractivity contribution is 0.0950. The van der Waals surface area contributed by atoms with Gasteiger partial charge in [0.25, 0.3) is 11.5 Å². The Morgan fingerprint density at radius 1 is 1.31 bits per heavy atom. The minimum absolute atomic E-state index is 0.147. The van der Waals surface area contributed by atoms with Crippen LogP contribution in [0.15, 0.2) is 35.1 Å². The molecule has 138 valence electrons. The van der Waals surface area contributed by atoms with Crippen molar-refractivity contribution < 1.29 is 9.53 Å². The quantitative estimate of drug-likeness (QED) is 0.867. The lowest BCUT2D eigenvalue weighted by Gasteiger charge is -2.18. The van der Waals surface area contributed by atoms with Gasteiger partial charge in [-0.2, -0.15) is 0 Å². The Labute approximate surface area is 153 Å². The molecule has 1 aromatic carbocycles. The van der Waals surface area contributed by atoms with Gasteiger partial charge in [-0.05, 0) is 61.4 Å². The summed E-state index contributed by atoms with van der Waals surface area (Å²) in [6.45, 7) is 7.81. The Kier molecular flexibility index (Phi) is 5.57. The normalized spacial score (nSPS) is 17.9. The fraction of sp³-hybridized carbons (Fsp3) is 0.429. The molecule has 2 atom stereocenters. The van der Waals surface area contributed by atoms with Gasteiger partial charge in [-0.3, -0.25) is 9.59 Å². The molecule has 3 rings (SSSR count). The van der Waals surface area contributed by atoms with E-state index in [1.54, 1.807) is 0 Å². The first-order valence-electron chi connectivity index (χ1n) is 9.11. The smallest absolute Gasteiger partial charge is 0.253 e. The molecule has 0 aliphatic carbocycles. The fourth-order valence-corrected chi connectivity index (χ4v) is 3.53. The van der Waals surface area contributed by atoms with Crippen LogP contribution in [0.3, 0.4) is 0 Å². The molecular formula is C21H26N2O3. The first-order valence-corrected chi connectivity index (χ1v) is 9.11. The minimum Gasteiger partial charge on any atom is -0.381 e. The van der Waals surface area contributed by atoms with Crippen LogP contribution in [0.1, 0.15) is 52.0 Å². The zero-order valence-electron chi connectivity index (χ0n) is 15.6. The molecule has 1 aliphatic heterocycles. The zero-order valence-corrected chi connectivity index (χ0v) is 15.6. The van der Waals surface area contributed by atoms with Gasteiger partial charge < -0.3 is 15.0 Å². The van der Waals surface area contributed by atoms with Gasteiger partial charge in [0.15, 0.2) is 0 Å². The van der Waals surface area contributed by atoms with E-state index < -0.39 is 0 Å².